The molecule has 0 spiro atoms. The average molecular weight is 456 g/mol. The second-order valence-corrected chi connectivity index (χ2v) is 8.70. The summed E-state index contributed by atoms with van der Waals surface area (Å²) < 4.78 is 37.6. The second-order valence-electron chi connectivity index (χ2n) is 5.50. The molecule has 0 bridgehead atoms. The molecule has 14 heteroatoms. The van der Waals surface area contributed by atoms with Gasteiger partial charge in [0.2, 0.25) is 16.0 Å². The van der Waals surface area contributed by atoms with Crippen LogP contribution < -0.4 is 20.9 Å². The molecule has 3 rings (SSSR count). The Bertz CT molecular complexity index is 1010. The molecular weight excluding hydrogens is 442 g/mol. The minimum absolute atomic E-state index is 0.0435. The molecule has 0 aromatic carbocycles. The van der Waals surface area contributed by atoms with E-state index in [1.54, 1.807) is 0 Å². The fourth-order valence-electron chi connectivity index (χ4n) is 2.72. The van der Waals surface area contributed by atoms with E-state index < -0.39 is 38.8 Å². The lowest BCUT2D eigenvalue weighted by Gasteiger charge is -2.20. The lowest BCUT2D eigenvalue weighted by molar-refractivity contribution is -0.0171. The molecule has 3 atom stereocenters. The first-order chi connectivity index (χ1) is 11.7. The zero-order chi connectivity index (χ0) is 18.4. The fourth-order valence-corrected chi connectivity index (χ4v) is 4.62. The number of nitrogens with one attached hydrogen (secondary N) is 2. The number of rotatable bonds is 5. The van der Waals surface area contributed by atoms with Crippen LogP contribution >= 0.6 is 27.6 Å². The molecule has 0 radical (unpaired) electrons. The largest absolute Gasteiger partial charge is 0.369 e. The van der Waals surface area contributed by atoms with Crippen LogP contribution in [0.5, 0.6) is 0 Å². The van der Waals surface area contributed by atoms with Gasteiger partial charge in [0.05, 0.1) is 41.3 Å². The zero-order valence-electron chi connectivity index (χ0n) is 12.8. The van der Waals surface area contributed by atoms with E-state index in [2.05, 4.69) is 30.9 Å². The second kappa shape index (κ2) is 6.77. The highest BCUT2D eigenvalue weighted by Gasteiger charge is 2.40. The predicted molar refractivity (Wildman–Crippen MR) is 94.1 cm³/mol. The van der Waals surface area contributed by atoms with E-state index in [0.29, 0.717) is 11.3 Å². The summed E-state index contributed by atoms with van der Waals surface area (Å²) in [6.45, 7) is 0.144. The fraction of sp³-hybridized carbons (Fsp3) is 0.545. The highest BCUT2D eigenvalue weighted by Crippen LogP contribution is 2.31. The van der Waals surface area contributed by atoms with Crippen LogP contribution in [0.4, 0.5) is 5.95 Å². The standard InChI is InChI=1S/C11H14BrN5O6S2/c1-25(20,21)16-5-2-4(3-22-12)23-9(5)17-7-6(24-11(17)19)8(18)15-10(13)14-7/h4-5,9,16H,2-3H2,1H3,(H3,13,14,15,18)/t4-,5+,9+/m0/s1. The Labute approximate surface area is 153 Å². The number of fused-ring (bicyclic) bond motifs is 1. The number of sulfonamides is 1. The summed E-state index contributed by atoms with van der Waals surface area (Å²) in [5.41, 5.74) is 5.05. The molecule has 2 aromatic heterocycles. The zero-order valence-corrected chi connectivity index (χ0v) is 16.0. The van der Waals surface area contributed by atoms with E-state index in [0.717, 1.165) is 10.8 Å². The van der Waals surface area contributed by atoms with Crippen LogP contribution in [0.3, 0.4) is 0 Å². The summed E-state index contributed by atoms with van der Waals surface area (Å²) in [6, 6.07) is -0.736. The molecule has 0 amide bonds. The lowest BCUT2D eigenvalue weighted by Crippen LogP contribution is -2.40. The van der Waals surface area contributed by atoms with E-state index in [1.807, 2.05) is 0 Å². The third kappa shape index (κ3) is 3.78. The number of halogens is 1. The molecule has 4 N–H and O–H groups in total. The number of nitrogens with two attached hydrogens (primary N) is 1. The van der Waals surface area contributed by atoms with Gasteiger partial charge in [0.15, 0.2) is 11.9 Å². The first-order valence-electron chi connectivity index (χ1n) is 6.96. The molecule has 11 nitrogen and oxygen atoms in total. The number of thiazole rings is 1. The van der Waals surface area contributed by atoms with Crippen molar-refractivity contribution in [3.05, 3.63) is 20.0 Å². The molecule has 1 aliphatic rings. The van der Waals surface area contributed by atoms with Gasteiger partial charge in [-0.05, 0) is 6.42 Å². The molecule has 0 unspecified atom stereocenters. The van der Waals surface area contributed by atoms with Crippen LogP contribution in [0.15, 0.2) is 9.59 Å². The van der Waals surface area contributed by atoms with Crippen molar-refractivity contribution in [1.29, 1.82) is 0 Å². The van der Waals surface area contributed by atoms with Gasteiger partial charge in [0.25, 0.3) is 5.56 Å². The normalized spacial score (nSPS) is 24.2. The molecule has 1 saturated heterocycles. The molecule has 25 heavy (non-hydrogen) atoms. The van der Waals surface area contributed by atoms with Crippen molar-refractivity contribution < 1.29 is 17.0 Å². The van der Waals surface area contributed by atoms with Gasteiger partial charge in [-0.3, -0.25) is 19.1 Å². The molecule has 1 aliphatic heterocycles. The molecule has 3 heterocycles. The van der Waals surface area contributed by atoms with Crippen molar-refractivity contribution in [1.82, 2.24) is 19.3 Å². The van der Waals surface area contributed by atoms with E-state index in [1.165, 1.54) is 0 Å². The van der Waals surface area contributed by atoms with Crippen LogP contribution in [0.1, 0.15) is 12.6 Å². The van der Waals surface area contributed by atoms with E-state index in [9.17, 15) is 18.0 Å². The predicted octanol–water partition coefficient (Wildman–Crippen LogP) is -0.740. The first kappa shape index (κ1) is 18.5. The van der Waals surface area contributed by atoms with Crippen LogP contribution in [0.2, 0.25) is 0 Å². The first-order valence-corrected chi connectivity index (χ1v) is 10.3. The summed E-state index contributed by atoms with van der Waals surface area (Å²) in [6.07, 6.45) is -0.179. The number of ether oxygens (including phenoxy) is 1. The third-order valence-electron chi connectivity index (χ3n) is 3.55. The monoisotopic (exact) mass is 455 g/mol. The number of nitrogen functional groups attached to an aromatic ring is 1. The number of H-pyrrole nitrogens is 1. The third-order valence-corrected chi connectivity index (χ3v) is 5.49. The minimum atomic E-state index is -3.56. The number of hydrogen-bond acceptors (Lipinski definition) is 9. The van der Waals surface area contributed by atoms with Crippen molar-refractivity contribution in [3.8, 4) is 0 Å². The summed E-state index contributed by atoms with van der Waals surface area (Å²) >= 11 is 3.51. The summed E-state index contributed by atoms with van der Waals surface area (Å²) in [5, 5.41) is 0. The molecule has 138 valence electrons. The van der Waals surface area contributed by atoms with Gasteiger partial charge in [-0.25, -0.2) is 13.1 Å². The van der Waals surface area contributed by atoms with Crippen LogP contribution in [-0.2, 0) is 18.6 Å². The number of hydrogen-bond donors (Lipinski definition) is 3. The molecule has 0 saturated carbocycles. The SMILES string of the molecule is CS(=O)(=O)N[C@@H]1C[C@@H](COBr)O[C@H]1n1c(=O)sc2c(=O)[nH]c(N)nc21. The quantitative estimate of drug-likeness (QED) is 0.531. The smallest absolute Gasteiger partial charge is 0.311 e. The van der Waals surface area contributed by atoms with E-state index >= 15 is 0 Å². The number of anilines is 1. The van der Waals surface area contributed by atoms with E-state index in [-0.39, 0.29) is 29.3 Å². The van der Waals surface area contributed by atoms with Crippen molar-refractivity contribution in [2.45, 2.75) is 24.8 Å². The maximum atomic E-state index is 12.4. The highest BCUT2D eigenvalue weighted by atomic mass is 79.9. The van der Waals surface area contributed by atoms with Gasteiger partial charge in [-0.2, -0.15) is 4.98 Å². The lowest BCUT2D eigenvalue weighted by atomic mass is 10.2. The van der Waals surface area contributed by atoms with Gasteiger partial charge in [0, 0.05) is 0 Å². The molecule has 0 aliphatic carbocycles. The van der Waals surface area contributed by atoms with Gasteiger partial charge in [-0.15, -0.1) is 0 Å². The molecule has 2 aromatic rings. The highest BCUT2D eigenvalue weighted by molar-refractivity contribution is 9.06. The summed E-state index contributed by atoms with van der Waals surface area (Å²) in [7, 11) is -3.56. The van der Waals surface area contributed by atoms with Crippen molar-refractivity contribution >= 4 is 53.9 Å². The summed E-state index contributed by atoms with van der Waals surface area (Å²) in [5.74, 6) is -0.157. The van der Waals surface area contributed by atoms with Crippen LogP contribution in [-0.4, -0.2) is 48.0 Å². The van der Waals surface area contributed by atoms with Crippen molar-refractivity contribution in [2.75, 3.05) is 18.6 Å². The van der Waals surface area contributed by atoms with E-state index in [4.69, 9.17) is 14.3 Å². The number of aromatic nitrogens is 3. The maximum Gasteiger partial charge on any atom is 0.311 e. The van der Waals surface area contributed by atoms with Gasteiger partial charge >= 0.3 is 4.87 Å². The average Bonchev–Trinajstić information content (AvgIpc) is 2.98. The van der Waals surface area contributed by atoms with Crippen LogP contribution in [0.25, 0.3) is 10.3 Å². The Hall–Kier alpha value is -1.32. The van der Waals surface area contributed by atoms with Crippen molar-refractivity contribution in [3.63, 3.8) is 0 Å². The topological polar surface area (TPSA) is 158 Å². The van der Waals surface area contributed by atoms with Gasteiger partial charge < -0.3 is 14.3 Å². The molecular formula is C11H14BrN5O6S2. The van der Waals surface area contributed by atoms with Crippen molar-refractivity contribution in [2.24, 2.45) is 0 Å². The number of aromatic amines is 1. The summed E-state index contributed by atoms with van der Waals surface area (Å²) in [4.78, 5) is 30.2. The number of nitrogens with zero attached hydrogens (tertiary/aromatic N) is 2. The maximum absolute atomic E-state index is 12.4. The Kier molecular flexibility index (Phi) is 5.00. The Balaban J connectivity index is 2.12. The molecule has 1 fully saturated rings. The Morgan fingerprint density at radius 3 is 2.92 bits per heavy atom. The Morgan fingerprint density at radius 1 is 1.56 bits per heavy atom. The van der Waals surface area contributed by atoms with Gasteiger partial charge in [0.1, 0.15) is 4.70 Å². The Morgan fingerprint density at radius 2 is 2.28 bits per heavy atom. The van der Waals surface area contributed by atoms with Gasteiger partial charge in [-0.1, -0.05) is 11.3 Å². The minimum Gasteiger partial charge on any atom is -0.369 e. The van der Waals surface area contributed by atoms with Crippen LogP contribution in [0, 0.1) is 0 Å².